The number of benzene rings is 3. The van der Waals surface area contributed by atoms with Gasteiger partial charge in [-0.1, -0.05) is 269 Å². The highest BCUT2D eigenvalue weighted by Gasteiger charge is 2.19. The van der Waals surface area contributed by atoms with Crippen LogP contribution in [0.5, 0.6) is 23.0 Å². The number of rotatable bonds is 52. The van der Waals surface area contributed by atoms with Crippen LogP contribution in [-0.4, -0.2) is 46.7 Å². The molecule has 3 aromatic carbocycles. The largest absolute Gasteiger partial charge is 0.490 e. The fourth-order valence-electron chi connectivity index (χ4n) is 10.7. The Labute approximate surface area is 491 Å². The van der Waals surface area contributed by atoms with Gasteiger partial charge < -0.3 is 33.7 Å². The van der Waals surface area contributed by atoms with Gasteiger partial charge in [0.05, 0.1) is 26.4 Å². The molecule has 2 N–H and O–H groups in total. The number of nitrogens with zero attached hydrogens (tertiary/aromatic N) is 4. The normalized spacial score (nSPS) is 11.5. The Kier molecular flexibility index (Phi) is 35.9. The maximum atomic E-state index is 6.53. The van der Waals surface area contributed by atoms with Gasteiger partial charge in [-0.3, -0.25) is 0 Å². The Morgan fingerprint density at radius 3 is 0.840 bits per heavy atom. The van der Waals surface area contributed by atoms with Gasteiger partial charge in [0, 0.05) is 27.9 Å². The Morgan fingerprint density at radius 2 is 0.556 bits per heavy atom. The summed E-state index contributed by atoms with van der Waals surface area (Å²) in [6.45, 7) is 11.7. The molecule has 11 heteroatoms. The van der Waals surface area contributed by atoms with E-state index >= 15 is 0 Å². The number of ether oxygens (including phenoxy) is 4. The highest BCUT2D eigenvalue weighted by atomic mass is 16.5. The fourth-order valence-corrected chi connectivity index (χ4v) is 10.7. The van der Waals surface area contributed by atoms with E-state index in [9.17, 15) is 0 Å². The SMILES string of the molecule is CCCCCCCCCCCCOc1ccc(-c2noc(-c3cc(N)cc(-c4nc(-c5ccc(OCCCCCCCCCCCC)c(OCCCCCCCCCCCC)c5)no4)c3)n2)cc1OCCCCCCCCCCCC. The third-order valence-electron chi connectivity index (χ3n) is 15.7. The molecule has 0 amide bonds. The molecule has 0 aliphatic carbocycles. The number of nitrogen functional groups attached to an aromatic ring is 1. The summed E-state index contributed by atoms with van der Waals surface area (Å²) in [4.78, 5) is 9.71. The van der Waals surface area contributed by atoms with Gasteiger partial charge in [-0.05, 0) is 80.3 Å². The van der Waals surface area contributed by atoms with Gasteiger partial charge in [0.25, 0.3) is 11.8 Å². The molecule has 11 nitrogen and oxygen atoms in total. The van der Waals surface area contributed by atoms with Crippen LogP contribution in [0.1, 0.15) is 285 Å². The van der Waals surface area contributed by atoms with E-state index in [1.165, 1.54) is 218 Å². The predicted octanol–water partition coefficient (Wildman–Crippen LogP) is 21.9. The van der Waals surface area contributed by atoms with E-state index in [0.717, 1.165) is 61.2 Å². The molecule has 0 atom stereocenters. The molecule has 0 aliphatic heterocycles. The van der Waals surface area contributed by atoms with Crippen LogP contribution in [-0.2, 0) is 0 Å². The van der Waals surface area contributed by atoms with E-state index in [2.05, 4.69) is 38.0 Å². The number of anilines is 1. The average molecular weight is 1120 g/mol. The predicted molar refractivity (Wildman–Crippen MR) is 338 cm³/mol. The minimum absolute atomic E-state index is 0.324. The van der Waals surface area contributed by atoms with Gasteiger partial charge in [0.1, 0.15) is 0 Å². The van der Waals surface area contributed by atoms with Gasteiger partial charge in [-0.2, -0.15) is 9.97 Å². The minimum atomic E-state index is 0.324. The van der Waals surface area contributed by atoms with E-state index < -0.39 is 0 Å². The summed E-state index contributed by atoms with van der Waals surface area (Å²) >= 11 is 0. The van der Waals surface area contributed by atoms with Crippen molar-refractivity contribution in [3.8, 4) is 68.7 Å². The van der Waals surface area contributed by atoms with Gasteiger partial charge in [0.15, 0.2) is 23.0 Å². The van der Waals surface area contributed by atoms with Crippen molar-refractivity contribution >= 4 is 5.69 Å². The van der Waals surface area contributed by atoms with Crippen LogP contribution in [0.25, 0.3) is 45.7 Å². The molecular weight excluding hydrogens is 1010 g/mol. The molecular formula is C70H111N5O6. The Hall–Kier alpha value is -5.06. The Morgan fingerprint density at radius 1 is 0.296 bits per heavy atom. The van der Waals surface area contributed by atoms with Crippen molar-refractivity contribution < 1.29 is 28.0 Å². The molecule has 5 aromatic rings. The molecule has 0 saturated heterocycles. The summed E-state index contributed by atoms with van der Waals surface area (Å²) in [5, 5.41) is 8.85. The molecule has 0 bridgehead atoms. The van der Waals surface area contributed by atoms with Gasteiger partial charge in [-0.25, -0.2) is 0 Å². The summed E-state index contributed by atoms with van der Waals surface area (Å²) < 4.78 is 37.5. The van der Waals surface area contributed by atoms with Crippen LogP contribution < -0.4 is 24.7 Å². The fraction of sp³-hybridized carbons (Fsp3) is 0.686. The first kappa shape index (κ1) is 66.7. The van der Waals surface area contributed by atoms with Crippen molar-refractivity contribution in [3.05, 3.63) is 54.6 Å². The summed E-state index contributed by atoms with van der Waals surface area (Å²) in [6.07, 6.45) is 51.2. The smallest absolute Gasteiger partial charge is 0.258 e. The molecule has 2 aromatic heterocycles. The number of hydrogen-bond acceptors (Lipinski definition) is 11. The van der Waals surface area contributed by atoms with Crippen molar-refractivity contribution in [1.82, 2.24) is 20.3 Å². The monoisotopic (exact) mass is 1120 g/mol. The lowest BCUT2D eigenvalue weighted by atomic mass is 10.1. The molecule has 0 spiro atoms. The molecule has 0 unspecified atom stereocenters. The van der Waals surface area contributed by atoms with Crippen molar-refractivity contribution in [2.75, 3.05) is 32.2 Å². The Bertz CT molecular complexity index is 2170. The molecule has 0 aliphatic rings. The molecule has 0 fully saturated rings. The number of unbranched alkanes of at least 4 members (excludes halogenated alkanes) is 36. The van der Waals surface area contributed by atoms with Crippen LogP contribution in [0, 0.1) is 0 Å². The second kappa shape index (κ2) is 43.6. The van der Waals surface area contributed by atoms with Crippen LogP contribution in [0.2, 0.25) is 0 Å². The van der Waals surface area contributed by atoms with E-state index in [1.54, 1.807) is 0 Å². The summed E-state index contributed by atoms with van der Waals surface area (Å²) in [7, 11) is 0. The van der Waals surface area contributed by atoms with E-state index in [0.29, 0.717) is 78.2 Å². The lowest BCUT2D eigenvalue weighted by Crippen LogP contribution is -2.03. The number of nitrogens with two attached hydrogens (primary N) is 1. The zero-order valence-electron chi connectivity index (χ0n) is 51.6. The first-order chi connectivity index (χ1) is 40.0. The molecule has 0 radical (unpaired) electrons. The lowest BCUT2D eigenvalue weighted by molar-refractivity contribution is 0.258. The zero-order chi connectivity index (χ0) is 57.1. The maximum Gasteiger partial charge on any atom is 0.258 e. The van der Waals surface area contributed by atoms with E-state index in [4.69, 9.17) is 43.7 Å². The Balaban J connectivity index is 1.21. The molecule has 452 valence electrons. The standard InChI is InChI=1S/C70H111N5O6/c1-5-9-13-17-21-25-29-33-37-41-49-76-63-47-45-58(56-65(63)78-51-43-39-35-31-27-23-19-15-11-7-3)67-72-69(80-74-67)60-53-61(55-62(71)54-60)70-73-68(75-81-70)59-46-48-64(77-50-42-38-34-30-26-22-18-14-10-6-2)66(57-59)79-52-44-40-36-32-28-24-20-16-12-8-4/h45-48,53-57H,5-44,49-52,71H2,1-4H3. The molecule has 0 saturated carbocycles. The topological polar surface area (TPSA) is 141 Å². The number of aromatic nitrogens is 4. The van der Waals surface area contributed by atoms with Gasteiger partial charge >= 0.3 is 0 Å². The van der Waals surface area contributed by atoms with Crippen molar-refractivity contribution in [2.24, 2.45) is 0 Å². The average Bonchev–Trinajstić information content (AvgIpc) is 4.22. The summed E-state index contributed by atoms with van der Waals surface area (Å²) in [5.41, 5.74) is 9.88. The van der Waals surface area contributed by atoms with Gasteiger partial charge in [0.2, 0.25) is 11.6 Å². The lowest BCUT2D eigenvalue weighted by Gasteiger charge is -2.14. The third-order valence-corrected chi connectivity index (χ3v) is 15.7. The first-order valence-electron chi connectivity index (χ1n) is 33.4. The van der Waals surface area contributed by atoms with E-state index in [1.807, 2.05) is 54.6 Å². The van der Waals surface area contributed by atoms with Crippen LogP contribution in [0.15, 0.2) is 63.6 Å². The quantitative estimate of drug-likeness (QED) is 0.0294. The van der Waals surface area contributed by atoms with E-state index in [-0.39, 0.29) is 0 Å². The van der Waals surface area contributed by atoms with Crippen LogP contribution in [0.3, 0.4) is 0 Å². The summed E-state index contributed by atoms with van der Waals surface area (Å²) in [6, 6.07) is 17.4. The van der Waals surface area contributed by atoms with Gasteiger partial charge in [-0.15, -0.1) is 0 Å². The zero-order valence-corrected chi connectivity index (χ0v) is 51.6. The maximum absolute atomic E-state index is 6.53. The highest BCUT2D eigenvalue weighted by Crippen LogP contribution is 2.37. The highest BCUT2D eigenvalue weighted by molar-refractivity contribution is 5.73. The second-order valence-electron chi connectivity index (χ2n) is 23.1. The second-order valence-corrected chi connectivity index (χ2v) is 23.1. The minimum Gasteiger partial charge on any atom is -0.490 e. The molecule has 81 heavy (non-hydrogen) atoms. The molecule has 2 heterocycles. The van der Waals surface area contributed by atoms with Crippen molar-refractivity contribution in [3.63, 3.8) is 0 Å². The third kappa shape index (κ3) is 28.2. The summed E-state index contributed by atoms with van der Waals surface area (Å²) in [5.74, 6) is 4.46. The first-order valence-corrected chi connectivity index (χ1v) is 33.4. The van der Waals surface area contributed by atoms with Crippen molar-refractivity contribution in [2.45, 2.75) is 285 Å². The van der Waals surface area contributed by atoms with Crippen LogP contribution in [0.4, 0.5) is 5.69 Å². The van der Waals surface area contributed by atoms with Crippen molar-refractivity contribution in [1.29, 1.82) is 0 Å². The molecule has 5 rings (SSSR count). The van der Waals surface area contributed by atoms with Crippen LogP contribution >= 0.6 is 0 Å². The number of hydrogen-bond donors (Lipinski definition) is 1.